The van der Waals surface area contributed by atoms with Gasteiger partial charge in [-0.15, -0.1) is 0 Å². The average Bonchev–Trinajstić information content (AvgIpc) is 2.49. The third-order valence-corrected chi connectivity index (χ3v) is 5.75. The van der Waals surface area contributed by atoms with Gasteiger partial charge in [0.1, 0.15) is 0 Å². The predicted molar refractivity (Wildman–Crippen MR) is 93.5 cm³/mol. The fourth-order valence-corrected chi connectivity index (χ4v) is 4.19. The van der Waals surface area contributed by atoms with E-state index < -0.39 is 0 Å². The molecule has 0 aromatic rings. The molecule has 0 bridgehead atoms. The van der Waals surface area contributed by atoms with Crippen LogP contribution in [0.15, 0.2) is 23.8 Å². The van der Waals surface area contributed by atoms with E-state index in [0.717, 1.165) is 18.9 Å². The summed E-state index contributed by atoms with van der Waals surface area (Å²) in [6.07, 6.45) is 11.0. The van der Waals surface area contributed by atoms with Gasteiger partial charge in [-0.3, -0.25) is 0 Å². The molecule has 122 valence electrons. The Bertz CT molecular complexity index is 355. The summed E-state index contributed by atoms with van der Waals surface area (Å²) >= 11 is 0. The van der Waals surface area contributed by atoms with Gasteiger partial charge in [-0.2, -0.15) is 0 Å². The number of ether oxygens (including phenoxy) is 1. The van der Waals surface area contributed by atoms with Crippen LogP contribution in [0.25, 0.3) is 0 Å². The molecule has 0 aliphatic heterocycles. The fraction of sp³-hybridized carbons (Fsp3) is 0.800. The number of rotatable bonds is 9. The molecular weight excluding hydrogens is 256 g/mol. The predicted octanol–water partition coefficient (Wildman–Crippen LogP) is 6.16. The number of methoxy groups -OCH3 is 1. The molecule has 0 aromatic carbocycles. The standard InChI is InChI=1S/C20H36O/c1-7-10-13-20(5)16(4)15-17(9-3)18(12-14-21-6)19(20)11-8-2/h9,16,19H,3,7-8,10-15H2,1-2,4-6H3. The highest BCUT2D eigenvalue weighted by molar-refractivity contribution is 5.32. The molecule has 21 heavy (non-hydrogen) atoms. The quantitative estimate of drug-likeness (QED) is 0.494. The molecule has 0 aromatic heterocycles. The molecule has 0 spiro atoms. The van der Waals surface area contributed by atoms with E-state index in [0.29, 0.717) is 11.3 Å². The normalized spacial score (nSPS) is 29.8. The minimum absolute atomic E-state index is 0.446. The van der Waals surface area contributed by atoms with E-state index in [1.54, 1.807) is 5.57 Å². The van der Waals surface area contributed by atoms with Gasteiger partial charge in [-0.05, 0) is 48.5 Å². The molecule has 0 fully saturated rings. The summed E-state index contributed by atoms with van der Waals surface area (Å²) in [5.41, 5.74) is 3.60. The van der Waals surface area contributed by atoms with Crippen molar-refractivity contribution in [2.45, 2.75) is 72.6 Å². The maximum absolute atomic E-state index is 5.37. The van der Waals surface area contributed by atoms with Gasteiger partial charge in [0, 0.05) is 13.7 Å². The van der Waals surface area contributed by atoms with Crippen molar-refractivity contribution >= 4 is 0 Å². The van der Waals surface area contributed by atoms with E-state index >= 15 is 0 Å². The molecule has 0 saturated carbocycles. The van der Waals surface area contributed by atoms with Crippen LogP contribution in [0.3, 0.4) is 0 Å². The topological polar surface area (TPSA) is 9.23 Å². The molecule has 1 aliphatic carbocycles. The van der Waals surface area contributed by atoms with Crippen molar-refractivity contribution < 1.29 is 4.74 Å². The number of hydrogen-bond donors (Lipinski definition) is 0. The highest BCUT2D eigenvalue weighted by atomic mass is 16.5. The lowest BCUT2D eigenvalue weighted by atomic mass is 9.56. The molecule has 0 heterocycles. The Labute approximate surface area is 132 Å². The van der Waals surface area contributed by atoms with Crippen LogP contribution in [0.4, 0.5) is 0 Å². The zero-order chi connectivity index (χ0) is 15.9. The first-order chi connectivity index (χ1) is 10.0. The van der Waals surface area contributed by atoms with Crippen LogP contribution in [0.5, 0.6) is 0 Å². The first-order valence-corrected chi connectivity index (χ1v) is 8.88. The lowest BCUT2D eigenvalue weighted by Gasteiger charge is -2.49. The van der Waals surface area contributed by atoms with Crippen LogP contribution in [0.2, 0.25) is 0 Å². The van der Waals surface area contributed by atoms with Crippen LogP contribution in [-0.4, -0.2) is 13.7 Å². The van der Waals surface area contributed by atoms with Gasteiger partial charge in [-0.1, -0.05) is 65.2 Å². The van der Waals surface area contributed by atoms with Crippen LogP contribution in [0.1, 0.15) is 72.6 Å². The molecule has 1 heteroatoms. The summed E-state index contributed by atoms with van der Waals surface area (Å²) in [6, 6.07) is 0. The Hall–Kier alpha value is -0.560. The third-order valence-electron chi connectivity index (χ3n) is 5.75. The smallest absolute Gasteiger partial charge is 0.0499 e. The second kappa shape index (κ2) is 8.78. The van der Waals surface area contributed by atoms with E-state index in [9.17, 15) is 0 Å². The van der Waals surface area contributed by atoms with E-state index in [2.05, 4.69) is 40.3 Å². The van der Waals surface area contributed by atoms with Crippen LogP contribution in [-0.2, 0) is 4.74 Å². The van der Waals surface area contributed by atoms with E-state index in [1.165, 1.54) is 44.1 Å². The van der Waals surface area contributed by atoms with Crippen LogP contribution in [0, 0.1) is 17.3 Å². The van der Waals surface area contributed by atoms with E-state index in [-0.39, 0.29) is 0 Å². The number of allylic oxidation sites excluding steroid dienone is 2. The van der Waals surface area contributed by atoms with Crippen molar-refractivity contribution in [3.05, 3.63) is 23.8 Å². The lowest BCUT2D eigenvalue weighted by molar-refractivity contribution is 0.0810. The monoisotopic (exact) mass is 292 g/mol. The number of hydrogen-bond acceptors (Lipinski definition) is 1. The Balaban J connectivity index is 3.15. The van der Waals surface area contributed by atoms with E-state index in [4.69, 9.17) is 4.74 Å². The molecule has 1 rings (SSSR count). The van der Waals surface area contributed by atoms with Gasteiger partial charge in [0.15, 0.2) is 0 Å². The molecular formula is C20H36O. The van der Waals surface area contributed by atoms with Gasteiger partial charge in [0.05, 0.1) is 0 Å². The van der Waals surface area contributed by atoms with Gasteiger partial charge in [-0.25, -0.2) is 0 Å². The molecule has 0 amide bonds. The van der Waals surface area contributed by atoms with Gasteiger partial charge in [0.2, 0.25) is 0 Å². The summed E-state index contributed by atoms with van der Waals surface area (Å²) in [5, 5.41) is 0. The lowest BCUT2D eigenvalue weighted by Crippen LogP contribution is -2.39. The van der Waals surface area contributed by atoms with Crippen LogP contribution < -0.4 is 0 Å². The maximum Gasteiger partial charge on any atom is 0.0499 e. The van der Waals surface area contributed by atoms with Crippen molar-refractivity contribution in [2.75, 3.05) is 13.7 Å². The minimum Gasteiger partial charge on any atom is -0.384 e. The van der Waals surface area contributed by atoms with E-state index in [1.807, 2.05) is 7.11 Å². The zero-order valence-electron chi connectivity index (χ0n) is 15.0. The summed E-state index contributed by atoms with van der Waals surface area (Å²) in [5.74, 6) is 1.46. The van der Waals surface area contributed by atoms with Crippen molar-refractivity contribution in [1.82, 2.24) is 0 Å². The Morgan fingerprint density at radius 1 is 1.33 bits per heavy atom. The summed E-state index contributed by atoms with van der Waals surface area (Å²) in [4.78, 5) is 0. The molecule has 3 unspecified atom stereocenters. The summed E-state index contributed by atoms with van der Waals surface area (Å²) < 4.78 is 5.37. The highest BCUT2D eigenvalue weighted by Gasteiger charge is 2.43. The van der Waals surface area contributed by atoms with Crippen LogP contribution >= 0.6 is 0 Å². The van der Waals surface area contributed by atoms with Crippen molar-refractivity contribution in [3.63, 3.8) is 0 Å². The van der Waals surface area contributed by atoms with Gasteiger partial charge >= 0.3 is 0 Å². The third kappa shape index (κ3) is 4.22. The first-order valence-electron chi connectivity index (χ1n) is 8.88. The Kier molecular flexibility index (Phi) is 7.73. The highest BCUT2D eigenvalue weighted by Crippen LogP contribution is 2.53. The minimum atomic E-state index is 0.446. The summed E-state index contributed by atoms with van der Waals surface area (Å²) in [7, 11) is 1.81. The zero-order valence-corrected chi connectivity index (χ0v) is 15.0. The van der Waals surface area contributed by atoms with Crippen molar-refractivity contribution in [2.24, 2.45) is 17.3 Å². The molecule has 1 aliphatic rings. The number of unbranched alkanes of at least 4 members (excludes halogenated alkanes) is 1. The molecule has 3 atom stereocenters. The molecule has 0 N–H and O–H groups in total. The van der Waals surface area contributed by atoms with Crippen molar-refractivity contribution in [1.29, 1.82) is 0 Å². The molecule has 1 nitrogen and oxygen atoms in total. The van der Waals surface area contributed by atoms with Gasteiger partial charge in [0.25, 0.3) is 0 Å². The molecule has 0 saturated heterocycles. The largest absolute Gasteiger partial charge is 0.384 e. The maximum atomic E-state index is 5.37. The average molecular weight is 293 g/mol. The van der Waals surface area contributed by atoms with Crippen molar-refractivity contribution in [3.8, 4) is 0 Å². The second-order valence-electron chi connectivity index (χ2n) is 7.05. The SMILES string of the molecule is C=CC1=C(CCOC)C(CCC)C(C)(CCCC)C(C)C1. The van der Waals surface area contributed by atoms with Gasteiger partial charge < -0.3 is 4.74 Å². The summed E-state index contributed by atoms with van der Waals surface area (Å²) in [6.45, 7) is 14.5. The molecule has 0 radical (unpaired) electrons. The Morgan fingerprint density at radius 3 is 2.57 bits per heavy atom. The second-order valence-corrected chi connectivity index (χ2v) is 7.05. The fourth-order valence-electron chi connectivity index (χ4n) is 4.19. The first kappa shape index (κ1) is 18.5. The Morgan fingerprint density at radius 2 is 2.05 bits per heavy atom.